The molecule has 0 saturated carbocycles. The van der Waals surface area contributed by atoms with Gasteiger partial charge in [-0.25, -0.2) is 0 Å². The van der Waals surface area contributed by atoms with Gasteiger partial charge in [0.2, 0.25) is 0 Å². The van der Waals surface area contributed by atoms with E-state index in [1.165, 1.54) is 17.5 Å². The Balaban J connectivity index is 2.03. The molecule has 0 amide bonds. The van der Waals surface area contributed by atoms with E-state index in [1.54, 1.807) is 0 Å². The largest absolute Gasteiger partial charge is 0.378 e. The summed E-state index contributed by atoms with van der Waals surface area (Å²) in [6.45, 7) is 6.85. The van der Waals surface area contributed by atoms with Crippen molar-refractivity contribution >= 4 is 0 Å². The van der Waals surface area contributed by atoms with Gasteiger partial charge < -0.3 is 15.8 Å². The van der Waals surface area contributed by atoms with Crippen LogP contribution < -0.4 is 11.1 Å². The Bertz CT molecular complexity index is 357. The van der Waals surface area contributed by atoms with Crippen LogP contribution in [0, 0.1) is 0 Å². The third kappa shape index (κ3) is 3.10. The van der Waals surface area contributed by atoms with Gasteiger partial charge in [0.15, 0.2) is 0 Å². The summed E-state index contributed by atoms with van der Waals surface area (Å²) in [5.74, 6) is 0.617. The summed E-state index contributed by atoms with van der Waals surface area (Å²) in [4.78, 5) is 0. The van der Waals surface area contributed by atoms with Crippen LogP contribution in [0.4, 0.5) is 0 Å². The Morgan fingerprint density at radius 2 is 2.00 bits per heavy atom. The highest BCUT2D eigenvalue weighted by Gasteiger charge is 2.21. The molecule has 1 fully saturated rings. The summed E-state index contributed by atoms with van der Waals surface area (Å²) < 4.78 is 5.46. The molecule has 1 saturated heterocycles. The minimum absolute atomic E-state index is 0.0104. The Morgan fingerprint density at radius 1 is 1.33 bits per heavy atom. The molecule has 0 radical (unpaired) electrons. The summed E-state index contributed by atoms with van der Waals surface area (Å²) in [6, 6.07) is 8.95. The maximum atomic E-state index is 6.29. The van der Waals surface area contributed by atoms with Gasteiger partial charge in [-0.2, -0.15) is 0 Å². The first-order valence-electron chi connectivity index (χ1n) is 6.89. The van der Waals surface area contributed by atoms with E-state index in [4.69, 9.17) is 10.5 Å². The van der Waals surface area contributed by atoms with E-state index in [9.17, 15) is 0 Å². The number of ether oxygens (including phenoxy) is 1. The van der Waals surface area contributed by atoms with Crippen LogP contribution in [-0.2, 0) is 4.74 Å². The normalized spacial score (nSPS) is 23.6. The van der Waals surface area contributed by atoms with Gasteiger partial charge >= 0.3 is 0 Å². The molecule has 0 aromatic heterocycles. The van der Waals surface area contributed by atoms with Gasteiger partial charge in [-0.3, -0.25) is 0 Å². The molecule has 18 heavy (non-hydrogen) atoms. The topological polar surface area (TPSA) is 47.3 Å². The Morgan fingerprint density at radius 3 is 2.56 bits per heavy atom. The van der Waals surface area contributed by atoms with Crippen molar-refractivity contribution in [2.24, 2.45) is 5.73 Å². The van der Waals surface area contributed by atoms with Crippen LogP contribution in [0.2, 0.25) is 0 Å². The minimum atomic E-state index is 0.0104. The monoisotopic (exact) mass is 248 g/mol. The smallest absolute Gasteiger partial charge is 0.0638 e. The van der Waals surface area contributed by atoms with E-state index in [0.29, 0.717) is 12.5 Å². The zero-order valence-corrected chi connectivity index (χ0v) is 11.4. The predicted octanol–water partition coefficient (Wildman–Crippen LogP) is 2.19. The van der Waals surface area contributed by atoms with Crippen molar-refractivity contribution in [1.29, 1.82) is 0 Å². The van der Waals surface area contributed by atoms with Crippen molar-refractivity contribution in [2.75, 3.05) is 19.8 Å². The fourth-order valence-corrected chi connectivity index (χ4v) is 2.33. The highest BCUT2D eigenvalue weighted by Crippen LogP contribution is 2.22. The van der Waals surface area contributed by atoms with Crippen molar-refractivity contribution < 1.29 is 4.74 Å². The molecule has 0 aliphatic carbocycles. The van der Waals surface area contributed by atoms with Crippen LogP contribution in [0.15, 0.2) is 24.3 Å². The third-order valence-corrected chi connectivity index (χ3v) is 3.89. The molecule has 2 rings (SSSR count). The molecule has 3 N–H and O–H groups in total. The third-order valence-electron chi connectivity index (χ3n) is 3.89. The van der Waals surface area contributed by atoms with Crippen molar-refractivity contribution in [3.05, 3.63) is 35.4 Å². The maximum Gasteiger partial charge on any atom is 0.0638 e. The van der Waals surface area contributed by atoms with Gasteiger partial charge in [0.05, 0.1) is 13.2 Å². The highest BCUT2D eigenvalue weighted by molar-refractivity contribution is 5.28. The number of benzene rings is 1. The van der Waals surface area contributed by atoms with Crippen LogP contribution in [-0.4, -0.2) is 25.8 Å². The van der Waals surface area contributed by atoms with E-state index in [2.05, 4.69) is 43.4 Å². The predicted molar refractivity (Wildman–Crippen MR) is 74.7 cm³/mol. The molecule has 3 atom stereocenters. The first kappa shape index (κ1) is 13.5. The SMILES string of the molecule is CCC(C)c1ccc(C(N)C2COCCN2)cc1. The summed E-state index contributed by atoms with van der Waals surface area (Å²) in [7, 11) is 0. The lowest BCUT2D eigenvalue weighted by molar-refractivity contribution is 0.0685. The second-order valence-electron chi connectivity index (χ2n) is 5.14. The van der Waals surface area contributed by atoms with Gasteiger partial charge in [0.1, 0.15) is 0 Å². The molecule has 1 aliphatic heterocycles. The molecule has 1 aromatic rings. The molecular weight excluding hydrogens is 224 g/mol. The molecule has 100 valence electrons. The first-order valence-corrected chi connectivity index (χ1v) is 6.89. The van der Waals surface area contributed by atoms with Crippen molar-refractivity contribution in [3.8, 4) is 0 Å². The average molecular weight is 248 g/mol. The van der Waals surface area contributed by atoms with Crippen molar-refractivity contribution in [1.82, 2.24) is 5.32 Å². The molecule has 3 heteroatoms. The summed E-state index contributed by atoms with van der Waals surface area (Å²) >= 11 is 0. The molecule has 0 bridgehead atoms. The van der Waals surface area contributed by atoms with Gasteiger partial charge in [0, 0.05) is 18.6 Å². The Labute approximate surface area is 110 Å². The van der Waals surface area contributed by atoms with Crippen LogP contribution in [0.3, 0.4) is 0 Å². The summed E-state index contributed by atoms with van der Waals surface area (Å²) in [6.07, 6.45) is 1.17. The molecular formula is C15H24N2O. The summed E-state index contributed by atoms with van der Waals surface area (Å²) in [5.41, 5.74) is 8.86. The van der Waals surface area contributed by atoms with E-state index in [1.807, 2.05) is 0 Å². The van der Waals surface area contributed by atoms with Gasteiger partial charge in [-0.1, -0.05) is 38.1 Å². The first-order chi connectivity index (χ1) is 8.72. The van der Waals surface area contributed by atoms with Crippen LogP contribution in [0.5, 0.6) is 0 Å². The zero-order chi connectivity index (χ0) is 13.0. The van der Waals surface area contributed by atoms with Crippen LogP contribution in [0.25, 0.3) is 0 Å². The number of morpholine rings is 1. The lowest BCUT2D eigenvalue weighted by Crippen LogP contribution is -2.47. The maximum absolute atomic E-state index is 6.29. The molecule has 1 aromatic carbocycles. The quantitative estimate of drug-likeness (QED) is 0.858. The second kappa shape index (κ2) is 6.32. The van der Waals surface area contributed by atoms with Crippen molar-refractivity contribution in [2.45, 2.75) is 38.3 Å². The fraction of sp³-hybridized carbons (Fsp3) is 0.600. The van der Waals surface area contributed by atoms with Gasteiger partial charge in [0.25, 0.3) is 0 Å². The lowest BCUT2D eigenvalue weighted by atomic mass is 9.94. The number of hydrogen-bond acceptors (Lipinski definition) is 3. The molecule has 0 spiro atoms. The van der Waals surface area contributed by atoms with E-state index < -0.39 is 0 Å². The van der Waals surface area contributed by atoms with Crippen LogP contribution in [0.1, 0.15) is 43.4 Å². The fourth-order valence-electron chi connectivity index (χ4n) is 2.33. The Hall–Kier alpha value is -0.900. The zero-order valence-electron chi connectivity index (χ0n) is 11.4. The number of nitrogens with one attached hydrogen (secondary N) is 1. The number of rotatable bonds is 4. The van der Waals surface area contributed by atoms with E-state index in [0.717, 1.165) is 13.2 Å². The molecule has 3 unspecified atom stereocenters. The second-order valence-corrected chi connectivity index (χ2v) is 5.14. The lowest BCUT2D eigenvalue weighted by Gasteiger charge is -2.29. The molecule has 1 heterocycles. The average Bonchev–Trinajstić information content (AvgIpc) is 2.47. The van der Waals surface area contributed by atoms with Gasteiger partial charge in [-0.05, 0) is 23.5 Å². The molecule has 3 nitrogen and oxygen atoms in total. The van der Waals surface area contributed by atoms with E-state index in [-0.39, 0.29) is 12.1 Å². The minimum Gasteiger partial charge on any atom is -0.378 e. The number of nitrogens with two attached hydrogens (primary N) is 1. The van der Waals surface area contributed by atoms with Gasteiger partial charge in [-0.15, -0.1) is 0 Å². The van der Waals surface area contributed by atoms with E-state index >= 15 is 0 Å². The standard InChI is InChI=1S/C15H24N2O/c1-3-11(2)12-4-6-13(7-5-12)15(16)14-10-18-9-8-17-14/h4-7,11,14-15,17H,3,8-10,16H2,1-2H3. The number of hydrogen-bond donors (Lipinski definition) is 2. The Kier molecular flexibility index (Phi) is 4.75. The summed E-state index contributed by atoms with van der Waals surface area (Å²) in [5, 5.41) is 3.42. The van der Waals surface area contributed by atoms with Crippen LogP contribution >= 0.6 is 0 Å². The van der Waals surface area contributed by atoms with Crippen molar-refractivity contribution in [3.63, 3.8) is 0 Å². The highest BCUT2D eigenvalue weighted by atomic mass is 16.5. The molecule has 1 aliphatic rings.